The van der Waals surface area contributed by atoms with Crippen molar-refractivity contribution in [3.05, 3.63) is 56.7 Å². The van der Waals surface area contributed by atoms with Gasteiger partial charge in [0.25, 0.3) is 11.8 Å². The molecule has 0 saturated carbocycles. The Balaban J connectivity index is 1.37. The number of urea groups is 1. The van der Waals surface area contributed by atoms with Gasteiger partial charge in [0.15, 0.2) is 0 Å². The van der Waals surface area contributed by atoms with Crippen LogP contribution in [-0.4, -0.2) is 71.2 Å². The summed E-state index contributed by atoms with van der Waals surface area (Å²) < 4.78 is 0.861. The van der Waals surface area contributed by atoms with E-state index in [0.717, 1.165) is 9.37 Å². The monoisotopic (exact) mass is 504 g/mol. The second-order valence-electron chi connectivity index (χ2n) is 7.60. The maximum absolute atomic E-state index is 13.0. The Labute approximate surface area is 191 Å². The Morgan fingerprint density at radius 3 is 2.32 bits per heavy atom. The number of amides is 5. The fourth-order valence-corrected chi connectivity index (χ4v) is 4.72. The molecule has 1 atom stereocenters. The van der Waals surface area contributed by atoms with Crippen LogP contribution in [0.4, 0.5) is 4.79 Å². The molecule has 4 rings (SSSR count). The van der Waals surface area contributed by atoms with E-state index in [1.807, 2.05) is 11.4 Å². The number of benzene rings is 1. The number of imide groups is 1. The summed E-state index contributed by atoms with van der Waals surface area (Å²) in [5, 5.41) is 4.57. The van der Waals surface area contributed by atoms with Crippen LogP contribution in [0.5, 0.6) is 0 Å². The van der Waals surface area contributed by atoms with Gasteiger partial charge in [-0.05, 0) is 36.1 Å². The number of halogens is 1. The molecule has 2 aliphatic rings. The van der Waals surface area contributed by atoms with Crippen molar-refractivity contribution in [2.75, 3.05) is 32.7 Å². The summed E-state index contributed by atoms with van der Waals surface area (Å²) in [6.45, 7) is 2.87. The number of thiophene rings is 1. The van der Waals surface area contributed by atoms with Gasteiger partial charge in [-0.1, -0.05) is 34.1 Å². The zero-order chi connectivity index (χ0) is 22.2. The van der Waals surface area contributed by atoms with Crippen LogP contribution in [0.15, 0.2) is 46.3 Å². The smallest absolute Gasteiger partial charge is 0.325 e. The number of nitrogens with zero attached hydrogens (tertiary/aromatic N) is 3. The molecule has 2 saturated heterocycles. The van der Waals surface area contributed by atoms with E-state index < -0.39 is 17.5 Å². The van der Waals surface area contributed by atoms with Crippen LogP contribution < -0.4 is 5.32 Å². The Bertz CT molecular complexity index is 1020. The van der Waals surface area contributed by atoms with Crippen molar-refractivity contribution >= 4 is 51.0 Å². The summed E-state index contributed by atoms with van der Waals surface area (Å²) in [6.07, 6.45) is 0. The van der Waals surface area contributed by atoms with E-state index in [0.29, 0.717) is 36.6 Å². The molecular formula is C21H21BrN4O4S. The summed E-state index contributed by atoms with van der Waals surface area (Å²) in [5.74, 6) is -0.812. The molecule has 0 aliphatic carbocycles. The van der Waals surface area contributed by atoms with Gasteiger partial charge in [0.2, 0.25) is 5.91 Å². The molecule has 2 fully saturated rings. The lowest BCUT2D eigenvalue weighted by molar-refractivity contribution is -0.139. The molecule has 0 bridgehead atoms. The topological polar surface area (TPSA) is 90.0 Å². The predicted molar refractivity (Wildman–Crippen MR) is 119 cm³/mol. The lowest BCUT2D eigenvalue weighted by atomic mass is 9.92. The van der Waals surface area contributed by atoms with E-state index in [-0.39, 0.29) is 18.4 Å². The molecular weight excluding hydrogens is 484 g/mol. The van der Waals surface area contributed by atoms with Crippen molar-refractivity contribution in [3.63, 3.8) is 0 Å². The van der Waals surface area contributed by atoms with Crippen LogP contribution in [-0.2, 0) is 15.1 Å². The van der Waals surface area contributed by atoms with Gasteiger partial charge >= 0.3 is 6.03 Å². The molecule has 162 valence electrons. The van der Waals surface area contributed by atoms with E-state index in [1.165, 1.54) is 11.3 Å². The molecule has 8 nitrogen and oxygen atoms in total. The van der Waals surface area contributed by atoms with Crippen molar-refractivity contribution in [1.82, 2.24) is 20.0 Å². The Morgan fingerprint density at radius 2 is 1.71 bits per heavy atom. The third-order valence-electron chi connectivity index (χ3n) is 5.64. The molecule has 2 aliphatic heterocycles. The normalized spacial score (nSPS) is 21.4. The van der Waals surface area contributed by atoms with Crippen molar-refractivity contribution in [3.8, 4) is 0 Å². The number of rotatable bonds is 4. The quantitative estimate of drug-likeness (QED) is 0.646. The maximum Gasteiger partial charge on any atom is 0.325 e. The molecule has 3 heterocycles. The molecule has 1 N–H and O–H groups in total. The molecule has 0 radical (unpaired) electrons. The van der Waals surface area contributed by atoms with E-state index in [4.69, 9.17) is 0 Å². The number of piperazine rings is 1. The van der Waals surface area contributed by atoms with E-state index in [2.05, 4.69) is 21.2 Å². The van der Waals surface area contributed by atoms with Crippen molar-refractivity contribution in [2.45, 2.75) is 12.5 Å². The van der Waals surface area contributed by atoms with Gasteiger partial charge in [-0.15, -0.1) is 11.3 Å². The van der Waals surface area contributed by atoms with Gasteiger partial charge in [0, 0.05) is 30.7 Å². The highest BCUT2D eigenvalue weighted by Crippen LogP contribution is 2.29. The number of carbonyl (C=O) groups excluding carboxylic acids is 4. The van der Waals surface area contributed by atoms with Crippen molar-refractivity contribution in [2.24, 2.45) is 0 Å². The van der Waals surface area contributed by atoms with Crippen LogP contribution in [0.3, 0.4) is 0 Å². The number of hydrogen-bond acceptors (Lipinski definition) is 5. The highest BCUT2D eigenvalue weighted by atomic mass is 79.9. The third-order valence-corrected chi connectivity index (χ3v) is 7.03. The van der Waals surface area contributed by atoms with Crippen LogP contribution in [0, 0.1) is 0 Å². The molecule has 5 amide bonds. The van der Waals surface area contributed by atoms with Crippen molar-refractivity contribution in [1.29, 1.82) is 0 Å². The minimum absolute atomic E-state index is 0.0403. The summed E-state index contributed by atoms with van der Waals surface area (Å²) in [6, 6.07) is 10.1. The first-order valence-electron chi connectivity index (χ1n) is 9.80. The van der Waals surface area contributed by atoms with E-state index >= 15 is 0 Å². The van der Waals surface area contributed by atoms with Gasteiger partial charge in [0.1, 0.15) is 12.1 Å². The fourth-order valence-electron chi connectivity index (χ4n) is 3.77. The second kappa shape index (κ2) is 8.43. The molecule has 31 heavy (non-hydrogen) atoms. The predicted octanol–water partition coefficient (Wildman–Crippen LogP) is 2.26. The zero-order valence-electron chi connectivity index (χ0n) is 16.8. The average Bonchev–Trinajstić information content (AvgIpc) is 3.38. The standard InChI is InChI=1S/C21H21BrN4O4S/c1-21(14-4-6-15(22)7-5-14)19(29)26(20(30)23-21)13-17(27)24-8-10-25(11-9-24)18(28)16-3-2-12-31-16/h2-7,12H,8-11,13H2,1H3,(H,23,30)/t21-/m1/s1. The third kappa shape index (κ3) is 4.09. The first kappa shape index (κ1) is 21.5. The Morgan fingerprint density at radius 1 is 1.06 bits per heavy atom. The Hall–Kier alpha value is -2.72. The highest BCUT2D eigenvalue weighted by molar-refractivity contribution is 9.10. The summed E-state index contributed by atoms with van der Waals surface area (Å²) >= 11 is 4.74. The van der Waals surface area contributed by atoms with Gasteiger partial charge in [-0.25, -0.2) is 4.79 Å². The van der Waals surface area contributed by atoms with E-state index in [9.17, 15) is 19.2 Å². The maximum atomic E-state index is 13.0. The fraction of sp³-hybridized carbons (Fsp3) is 0.333. The van der Waals surface area contributed by atoms with Crippen LogP contribution >= 0.6 is 27.3 Å². The minimum Gasteiger partial charge on any atom is -0.338 e. The second-order valence-corrected chi connectivity index (χ2v) is 9.47. The molecule has 0 spiro atoms. The summed E-state index contributed by atoms with van der Waals surface area (Å²) in [7, 11) is 0. The summed E-state index contributed by atoms with van der Waals surface area (Å²) in [4.78, 5) is 55.7. The van der Waals surface area contributed by atoms with Gasteiger partial charge < -0.3 is 15.1 Å². The highest BCUT2D eigenvalue weighted by Gasteiger charge is 2.49. The summed E-state index contributed by atoms with van der Waals surface area (Å²) in [5.41, 5.74) is -0.575. The average molecular weight is 505 g/mol. The molecule has 1 aromatic heterocycles. The van der Waals surface area contributed by atoms with Crippen LogP contribution in [0.1, 0.15) is 22.2 Å². The molecule has 0 unspecified atom stereocenters. The van der Waals surface area contributed by atoms with E-state index in [1.54, 1.807) is 47.1 Å². The Kier molecular flexibility index (Phi) is 5.85. The van der Waals surface area contributed by atoms with Gasteiger partial charge in [0.05, 0.1) is 4.88 Å². The first-order valence-corrected chi connectivity index (χ1v) is 11.5. The van der Waals surface area contributed by atoms with Crippen LogP contribution in [0.25, 0.3) is 0 Å². The van der Waals surface area contributed by atoms with Crippen molar-refractivity contribution < 1.29 is 19.2 Å². The SMILES string of the molecule is C[C@]1(c2ccc(Br)cc2)NC(=O)N(CC(=O)N2CCN(C(=O)c3cccs3)CC2)C1=O. The lowest BCUT2D eigenvalue weighted by Gasteiger charge is -2.35. The number of carbonyl (C=O) groups is 4. The van der Waals surface area contributed by atoms with Gasteiger partial charge in [-0.2, -0.15) is 0 Å². The van der Waals surface area contributed by atoms with Crippen LogP contribution in [0.2, 0.25) is 0 Å². The molecule has 1 aromatic carbocycles. The molecule has 10 heteroatoms. The first-order chi connectivity index (χ1) is 14.8. The number of nitrogens with one attached hydrogen (secondary N) is 1. The lowest BCUT2D eigenvalue weighted by Crippen LogP contribution is -2.53. The zero-order valence-corrected chi connectivity index (χ0v) is 19.2. The number of hydrogen-bond donors (Lipinski definition) is 1. The minimum atomic E-state index is -1.22. The largest absolute Gasteiger partial charge is 0.338 e. The van der Waals surface area contributed by atoms with Gasteiger partial charge in [-0.3, -0.25) is 19.3 Å². The molecule has 2 aromatic rings.